The zero-order valence-electron chi connectivity index (χ0n) is 20.7. The molecule has 0 radical (unpaired) electrons. The van der Waals surface area contributed by atoms with Crippen LogP contribution in [-0.4, -0.2) is 48.6 Å². The number of likely N-dealkylation sites (N-methyl/N-ethyl adjacent to an activating group) is 1. The van der Waals surface area contributed by atoms with Gasteiger partial charge in [-0.05, 0) is 66.7 Å². The van der Waals surface area contributed by atoms with E-state index in [1.807, 2.05) is 42.6 Å². The number of carbonyl (C=O) groups excluding carboxylic acids is 1. The third-order valence-corrected chi connectivity index (χ3v) is 7.28. The smallest absolute Gasteiger partial charge is 0.272 e. The number of aromatic amines is 1. The number of carbonyl (C=O) groups is 1. The highest BCUT2D eigenvalue weighted by atomic mass is 35.5. The van der Waals surface area contributed by atoms with E-state index in [0.29, 0.717) is 50.6 Å². The van der Waals surface area contributed by atoms with Crippen LogP contribution in [0.1, 0.15) is 16.7 Å². The average molecular weight is 567 g/mol. The molecule has 0 fully saturated rings. The molecule has 1 aliphatic rings. The van der Waals surface area contributed by atoms with Gasteiger partial charge < -0.3 is 25.3 Å². The molecule has 0 saturated carbocycles. The van der Waals surface area contributed by atoms with E-state index < -0.39 is 6.17 Å². The van der Waals surface area contributed by atoms with Gasteiger partial charge in [-0.2, -0.15) is 0 Å². The second-order valence-corrected chi connectivity index (χ2v) is 10.0. The van der Waals surface area contributed by atoms with Gasteiger partial charge in [-0.25, -0.2) is 4.99 Å². The number of rotatable bonds is 6. The Kier molecular flexibility index (Phi) is 7.56. The summed E-state index contributed by atoms with van der Waals surface area (Å²) < 4.78 is 5.36. The van der Waals surface area contributed by atoms with Crippen molar-refractivity contribution in [2.24, 2.45) is 4.99 Å². The predicted octanol–water partition coefficient (Wildman–Crippen LogP) is 5.33. The summed E-state index contributed by atoms with van der Waals surface area (Å²) in [5, 5.41) is 8.74. The number of hydrogen-bond acceptors (Lipinski definition) is 4. The van der Waals surface area contributed by atoms with Crippen LogP contribution in [0.15, 0.2) is 71.9 Å². The SMILES string of the molecule is COc1ccc2[nH]cc(CCNC(=S)NC3N=C(c4ccccc4Cl)c4cc(Cl)ccc4N(C)C3=O)c2c1. The van der Waals surface area contributed by atoms with Gasteiger partial charge in [0.25, 0.3) is 5.91 Å². The molecule has 7 nitrogen and oxygen atoms in total. The number of benzodiazepines with no additional fused rings is 1. The van der Waals surface area contributed by atoms with E-state index in [2.05, 4.69) is 15.6 Å². The quantitative estimate of drug-likeness (QED) is 0.275. The molecule has 0 bridgehead atoms. The summed E-state index contributed by atoms with van der Waals surface area (Å²) in [5.74, 6) is 0.539. The lowest BCUT2D eigenvalue weighted by molar-refractivity contribution is -0.119. The Labute approximate surface area is 235 Å². The van der Waals surface area contributed by atoms with Crippen molar-refractivity contribution in [1.82, 2.24) is 15.6 Å². The molecule has 1 unspecified atom stereocenters. The molecule has 3 aromatic carbocycles. The van der Waals surface area contributed by atoms with Crippen LogP contribution in [0.5, 0.6) is 5.75 Å². The van der Waals surface area contributed by atoms with Crippen molar-refractivity contribution >= 4 is 68.7 Å². The number of aromatic nitrogens is 1. The van der Waals surface area contributed by atoms with Crippen molar-refractivity contribution in [1.29, 1.82) is 0 Å². The Hall–Kier alpha value is -3.59. The number of nitrogens with one attached hydrogen (secondary N) is 3. The van der Waals surface area contributed by atoms with Crippen LogP contribution in [0.25, 0.3) is 10.9 Å². The van der Waals surface area contributed by atoms with E-state index in [1.165, 1.54) is 0 Å². The highest BCUT2D eigenvalue weighted by Crippen LogP contribution is 2.32. The summed E-state index contributed by atoms with van der Waals surface area (Å²) in [7, 11) is 3.36. The summed E-state index contributed by atoms with van der Waals surface area (Å²) in [5.41, 5.74) is 4.80. The van der Waals surface area contributed by atoms with E-state index in [9.17, 15) is 4.79 Å². The number of fused-ring (bicyclic) bond motifs is 2. The van der Waals surface area contributed by atoms with Gasteiger partial charge in [0.05, 0.1) is 18.5 Å². The minimum atomic E-state index is -0.963. The minimum absolute atomic E-state index is 0.261. The molecular weight excluding hydrogens is 541 g/mol. The molecule has 3 N–H and O–H groups in total. The Morgan fingerprint density at radius 1 is 1.13 bits per heavy atom. The first-order valence-corrected chi connectivity index (χ1v) is 13.1. The number of H-pyrrole nitrogens is 1. The molecule has 0 saturated heterocycles. The molecule has 4 aromatic rings. The molecule has 194 valence electrons. The Morgan fingerprint density at radius 3 is 2.74 bits per heavy atom. The fourth-order valence-corrected chi connectivity index (χ4v) is 5.10. The monoisotopic (exact) mass is 565 g/mol. The Balaban J connectivity index is 1.36. The third-order valence-electron chi connectivity index (χ3n) is 6.45. The van der Waals surface area contributed by atoms with E-state index in [0.717, 1.165) is 22.2 Å². The number of methoxy groups -OCH3 is 1. The van der Waals surface area contributed by atoms with Crippen molar-refractivity contribution in [2.75, 3.05) is 25.6 Å². The molecule has 2 heterocycles. The van der Waals surface area contributed by atoms with Crippen LogP contribution < -0.4 is 20.3 Å². The number of anilines is 1. The lowest BCUT2D eigenvalue weighted by Gasteiger charge is -2.22. The zero-order valence-corrected chi connectivity index (χ0v) is 23.0. The molecule has 0 spiro atoms. The second-order valence-electron chi connectivity index (χ2n) is 8.79. The number of thiocarbonyl (C=S) groups is 1. The molecule has 1 amide bonds. The van der Waals surface area contributed by atoms with Crippen LogP contribution in [0.4, 0.5) is 5.69 Å². The van der Waals surface area contributed by atoms with Crippen LogP contribution in [-0.2, 0) is 11.2 Å². The first kappa shape index (κ1) is 26.0. The highest BCUT2D eigenvalue weighted by molar-refractivity contribution is 7.80. The lowest BCUT2D eigenvalue weighted by atomic mass is 10.00. The van der Waals surface area contributed by atoms with Gasteiger partial charge in [0.15, 0.2) is 5.11 Å². The van der Waals surface area contributed by atoms with E-state index in [1.54, 1.807) is 43.3 Å². The number of amides is 1. The maximum Gasteiger partial charge on any atom is 0.272 e. The fourth-order valence-electron chi connectivity index (χ4n) is 4.49. The van der Waals surface area contributed by atoms with Gasteiger partial charge in [0, 0.05) is 51.9 Å². The topological polar surface area (TPSA) is 81.8 Å². The number of hydrogen-bond donors (Lipinski definition) is 3. The average Bonchev–Trinajstić information content (AvgIpc) is 3.28. The van der Waals surface area contributed by atoms with Gasteiger partial charge >= 0.3 is 0 Å². The summed E-state index contributed by atoms with van der Waals surface area (Å²) in [4.78, 5) is 23.1. The van der Waals surface area contributed by atoms with E-state index >= 15 is 0 Å². The highest BCUT2D eigenvalue weighted by Gasteiger charge is 2.31. The number of halogens is 2. The molecule has 1 aliphatic heterocycles. The molecule has 10 heteroatoms. The van der Waals surface area contributed by atoms with Crippen molar-refractivity contribution in [2.45, 2.75) is 12.6 Å². The van der Waals surface area contributed by atoms with Gasteiger partial charge in [-0.3, -0.25) is 4.79 Å². The maximum atomic E-state index is 13.4. The van der Waals surface area contributed by atoms with E-state index in [-0.39, 0.29) is 5.91 Å². The normalized spacial score (nSPS) is 15.1. The van der Waals surface area contributed by atoms with Crippen molar-refractivity contribution in [3.05, 3.63) is 93.6 Å². The standard InChI is InChI=1S/C28H25Cl2N5O2S/c1-35-24-10-7-17(29)13-21(24)25(19-5-3-4-6-22(19)30)33-26(27(35)36)34-28(38)31-12-11-16-15-32-23-9-8-18(37-2)14-20(16)23/h3-10,13-15,26,32H,11-12H2,1-2H3,(H2,31,34,38). The van der Waals surface area contributed by atoms with Gasteiger partial charge in [0.2, 0.25) is 6.17 Å². The molecule has 1 atom stereocenters. The number of ether oxygens (including phenoxy) is 1. The van der Waals surface area contributed by atoms with E-state index in [4.69, 9.17) is 45.1 Å². The van der Waals surface area contributed by atoms with Crippen molar-refractivity contribution in [3.8, 4) is 5.75 Å². The van der Waals surface area contributed by atoms with Crippen molar-refractivity contribution < 1.29 is 9.53 Å². The zero-order chi connectivity index (χ0) is 26.8. The summed E-state index contributed by atoms with van der Waals surface area (Å²) in [6.45, 7) is 0.559. The Bertz CT molecular complexity index is 1570. The second kappa shape index (κ2) is 11.0. The molecule has 5 rings (SSSR count). The lowest BCUT2D eigenvalue weighted by Crippen LogP contribution is -2.49. The number of benzene rings is 3. The largest absolute Gasteiger partial charge is 0.497 e. The van der Waals surface area contributed by atoms with Gasteiger partial charge in [0.1, 0.15) is 5.75 Å². The maximum absolute atomic E-state index is 13.4. The molecular formula is C28H25Cl2N5O2S. The van der Waals surface area contributed by atoms with Gasteiger partial charge in [-0.15, -0.1) is 0 Å². The van der Waals surface area contributed by atoms with Crippen LogP contribution in [0.2, 0.25) is 10.0 Å². The van der Waals surface area contributed by atoms with Crippen LogP contribution in [0.3, 0.4) is 0 Å². The number of aliphatic imine (C=N–C) groups is 1. The van der Waals surface area contributed by atoms with Gasteiger partial charge in [-0.1, -0.05) is 41.4 Å². The predicted molar refractivity (Wildman–Crippen MR) is 158 cm³/mol. The molecule has 1 aromatic heterocycles. The fraction of sp³-hybridized carbons (Fsp3) is 0.179. The summed E-state index contributed by atoms with van der Waals surface area (Å²) >= 11 is 18.4. The van der Waals surface area contributed by atoms with Crippen molar-refractivity contribution in [3.63, 3.8) is 0 Å². The van der Waals surface area contributed by atoms with Crippen LogP contribution >= 0.6 is 35.4 Å². The first-order valence-electron chi connectivity index (χ1n) is 11.9. The minimum Gasteiger partial charge on any atom is -0.497 e. The summed E-state index contributed by atoms with van der Waals surface area (Å²) in [6, 6.07) is 18.6. The Morgan fingerprint density at radius 2 is 1.95 bits per heavy atom. The van der Waals surface area contributed by atoms with Crippen LogP contribution in [0, 0.1) is 0 Å². The summed E-state index contributed by atoms with van der Waals surface area (Å²) in [6.07, 6.45) is 1.73. The molecule has 38 heavy (non-hydrogen) atoms. The third kappa shape index (κ3) is 5.20. The number of nitrogens with zero attached hydrogens (tertiary/aromatic N) is 2. The first-order chi connectivity index (χ1) is 18.4. The molecule has 0 aliphatic carbocycles.